The predicted molar refractivity (Wildman–Crippen MR) is 42.4 cm³/mol. The molecule has 2 nitrogen and oxygen atoms in total. The lowest BCUT2D eigenvalue weighted by atomic mass is 10.2. The molecule has 2 heteroatoms. The topological polar surface area (TPSA) is 30.0 Å². The number of hydrogen-bond donors (Lipinski definition) is 0. The Bertz CT molecular complexity index is 328. The van der Waals surface area contributed by atoms with Gasteiger partial charge < -0.3 is 0 Å². The Balaban J connectivity index is 2.53. The highest BCUT2D eigenvalue weighted by Crippen LogP contribution is 2.16. The molecule has 0 atom stereocenters. The van der Waals surface area contributed by atoms with E-state index in [1.807, 2.05) is 18.2 Å². The molecule has 0 spiro atoms. The van der Waals surface area contributed by atoms with Crippen molar-refractivity contribution in [1.29, 1.82) is 0 Å². The largest absolute Gasteiger partial charge is 0.296 e. The molecule has 1 heterocycles. The van der Waals surface area contributed by atoms with Crippen LogP contribution in [0.2, 0.25) is 0 Å². The van der Waals surface area contributed by atoms with Gasteiger partial charge in [-0.25, -0.2) is 4.98 Å². The third kappa shape index (κ3) is 0.963. The number of carbonyl (C=O) groups excluding carboxylic acids is 1. The summed E-state index contributed by atoms with van der Waals surface area (Å²) in [6.07, 6.45) is 5.71. The Morgan fingerprint density at radius 2 is 2.36 bits per heavy atom. The lowest BCUT2D eigenvalue weighted by Gasteiger charge is -1.96. The molecular formula is C9H7NO. The van der Waals surface area contributed by atoms with E-state index in [1.54, 1.807) is 6.07 Å². The van der Waals surface area contributed by atoms with Gasteiger partial charge in [0.25, 0.3) is 0 Å². The van der Waals surface area contributed by atoms with Crippen LogP contribution in [0.5, 0.6) is 0 Å². The number of aromatic nitrogens is 1. The molecule has 1 aliphatic rings. The van der Waals surface area contributed by atoms with Gasteiger partial charge >= 0.3 is 0 Å². The summed E-state index contributed by atoms with van der Waals surface area (Å²) in [7, 11) is 0. The molecule has 0 N–H and O–H groups in total. The minimum Gasteiger partial charge on any atom is -0.296 e. The third-order valence-corrected chi connectivity index (χ3v) is 1.76. The zero-order valence-corrected chi connectivity index (χ0v) is 5.95. The highest BCUT2D eigenvalue weighted by Gasteiger charge is 2.05. The first-order valence-electron chi connectivity index (χ1n) is 3.52. The van der Waals surface area contributed by atoms with Gasteiger partial charge in [-0.05, 0) is 11.6 Å². The van der Waals surface area contributed by atoms with Crippen LogP contribution in [0.1, 0.15) is 21.7 Å². The highest BCUT2D eigenvalue weighted by atomic mass is 16.1. The fourth-order valence-corrected chi connectivity index (χ4v) is 1.21. The molecule has 54 valence electrons. The van der Waals surface area contributed by atoms with Gasteiger partial charge in [0.05, 0.1) is 5.69 Å². The van der Waals surface area contributed by atoms with Crippen LogP contribution in [-0.2, 0) is 6.42 Å². The SMILES string of the molecule is O=Cc1ccc2c(n1)CC=C2. The van der Waals surface area contributed by atoms with Crippen molar-refractivity contribution in [3.05, 3.63) is 35.2 Å². The number of nitrogens with zero attached hydrogens (tertiary/aromatic N) is 1. The average molecular weight is 145 g/mol. The average Bonchev–Trinajstić information content (AvgIpc) is 2.50. The third-order valence-electron chi connectivity index (χ3n) is 1.76. The maximum Gasteiger partial charge on any atom is 0.168 e. The summed E-state index contributed by atoms with van der Waals surface area (Å²) in [6, 6.07) is 3.66. The van der Waals surface area contributed by atoms with E-state index in [9.17, 15) is 4.79 Å². The summed E-state index contributed by atoms with van der Waals surface area (Å²) < 4.78 is 0. The smallest absolute Gasteiger partial charge is 0.168 e. The van der Waals surface area contributed by atoms with E-state index in [4.69, 9.17) is 0 Å². The van der Waals surface area contributed by atoms with Gasteiger partial charge in [0.1, 0.15) is 5.69 Å². The molecule has 0 saturated heterocycles. The summed E-state index contributed by atoms with van der Waals surface area (Å²) in [4.78, 5) is 14.5. The monoisotopic (exact) mass is 145 g/mol. The van der Waals surface area contributed by atoms with Crippen LogP contribution in [0.4, 0.5) is 0 Å². The summed E-state index contributed by atoms with van der Waals surface area (Å²) >= 11 is 0. The number of carbonyl (C=O) groups is 1. The second-order valence-electron chi connectivity index (χ2n) is 2.50. The highest BCUT2D eigenvalue weighted by molar-refractivity contribution is 5.73. The Labute approximate surface area is 64.6 Å². The minimum absolute atomic E-state index is 0.521. The van der Waals surface area contributed by atoms with Crippen molar-refractivity contribution in [2.75, 3.05) is 0 Å². The van der Waals surface area contributed by atoms with Crippen molar-refractivity contribution in [2.45, 2.75) is 6.42 Å². The van der Waals surface area contributed by atoms with E-state index < -0.39 is 0 Å². The van der Waals surface area contributed by atoms with Crippen molar-refractivity contribution in [3.8, 4) is 0 Å². The first-order chi connectivity index (χ1) is 5.40. The number of fused-ring (bicyclic) bond motifs is 1. The van der Waals surface area contributed by atoms with Gasteiger partial charge in [-0.15, -0.1) is 0 Å². The lowest BCUT2D eigenvalue weighted by molar-refractivity contribution is 0.111. The molecule has 11 heavy (non-hydrogen) atoms. The van der Waals surface area contributed by atoms with Crippen molar-refractivity contribution >= 4 is 12.4 Å². The number of aldehydes is 1. The van der Waals surface area contributed by atoms with E-state index in [1.165, 1.54) is 0 Å². The van der Waals surface area contributed by atoms with Crippen LogP contribution < -0.4 is 0 Å². The first kappa shape index (κ1) is 6.28. The maximum atomic E-state index is 10.3. The van der Waals surface area contributed by atoms with Crippen LogP contribution in [-0.4, -0.2) is 11.3 Å². The fraction of sp³-hybridized carbons (Fsp3) is 0.111. The quantitative estimate of drug-likeness (QED) is 0.560. The Morgan fingerprint density at radius 1 is 1.45 bits per heavy atom. The Morgan fingerprint density at radius 3 is 3.18 bits per heavy atom. The van der Waals surface area contributed by atoms with E-state index >= 15 is 0 Å². The van der Waals surface area contributed by atoms with Crippen LogP contribution in [0.3, 0.4) is 0 Å². The summed E-state index contributed by atoms with van der Waals surface area (Å²) in [5.74, 6) is 0. The molecule has 1 aromatic rings. The summed E-state index contributed by atoms with van der Waals surface area (Å²) in [6.45, 7) is 0. The normalized spacial score (nSPS) is 13.1. The Kier molecular flexibility index (Phi) is 1.32. The Hall–Kier alpha value is -1.44. The van der Waals surface area contributed by atoms with Gasteiger partial charge in [-0.1, -0.05) is 18.2 Å². The van der Waals surface area contributed by atoms with Crippen molar-refractivity contribution in [2.24, 2.45) is 0 Å². The van der Waals surface area contributed by atoms with Gasteiger partial charge in [-0.2, -0.15) is 0 Å². The zero-order valence-electron chi connectivity index (χ0n) is 5.95. The van der Waals surface area contributed by atoms with Crippen LogP contribution in [0, 0.1) is 0 Å². The van der Waals surface area contributed by atoms with Crippen molar-refractivity contribution in [3.63, 3.8) is 0 Å². The molecule has 0 fully saturated rings. The van der Waals surface area contributed by atoms with E-state index in [0.29, 0.717) is 5.69 Å². The van der Waals surface area contributed by atoms with Gasteiger partial charge in [0.15, 0.2) is 6.29 Å². The van der Waals surface area contributed by atoms with Crippen molar-refractivity contribution in [1.82, 2.24) is 4.98 Å². The summed E-state index contributed by atoms with van der Waals surface area (Å²) in [5.41, 5.74) is 2.66. The molecule has 0 bridgehead atoms. The number of pyridine rings is 1. The minimum atomic E-state index is 0.521. The first-order valence-corrected chi connectivity index (χ1v) is 3.52. The number of allylic oxidation sites excluding steroid dienone is 1. The number of hydrogen-bond acceptors (Lipinski definition) is 2. The van der Waals surface area contributed by atoms with Crippen molar-refractivity contribution < 1.29 is 4.79 Å². The molecule has 0 saturated carbocycles. The molecule has 1 aromatic heterocycles. The molecule has 0 aliphatic heterocycles. The molecule has 0 aromatic carbocycles. The van der Waals surface area contributed by atoms with Gasteiger partial charge in [0.2, 0.25) is 0 Å². The van der Waals surface area contributed by atoms with Gasteiger partial charge in [-0.3, -0.25) is 4.79 Å². The summed E-state index contributed by atoms with van der Waals surface area (Å²) in [5, 5.41) is 0. The molecule has 0 unspecified atom stereocenters. The molecule has 2 rings (SSSR count). The van der Waals surface area contributed by atoms with Gasteiger partial charge in [0, 0.05) is 6.42 Å². The van der Waals surface area contributed by atoms with E-state index in [2.05, 4.69) is 4.98 Å². The van der Waals surface area contributed by atoms with Crippen LogP contribution in [0.25, 0.3) is 6.08 Å². The molecule has 1 aliphatic carbocycles. The second kappa shape index (κ2) is 2.31. The predicted octanol–water partition coefficient (Wildman–Crippen LogP) is 1.46. The van der Waals surface area contributed by atoms with E-state index in [-0.39, 0.29) is 0 Å². The standard InChI is InChI=1S/C9H7NO/c11-6-8-5-4-7-2-1-3-9(7)10-8/h1-2,4-6H,3H2. The number of rotatable bonds is 1. The van der Waals surface area contributed by atoms with Crippen LogP contribution in [0.15, 0.2) is 18.2 Å². The molecular weight excluding hydrogens is 138 g/mol. The fourth-order valence-electron chi connectivity index (χ4n) is 1.21. The second-order valence-corrected chi connectivity index (χ2v) is 2.50. The van der Waals surface area contributed by atoms with Crippen LogP contribution >= 0.6 is 0 Å². The lowest BCUT2D eigenvalue weighted by Crippen LogP contribution is -1.92. The maximum absolute atomic E-state index is 10.3. The molecule has 0 radical (unpaired) electrons. The van der Waals surface area contributed by atoms with E-state index in [0.717, 1.165) is 24.0 Å². The zero-order chi connectivity index (χ0) is 7.68. The molecule has 0 amide bonds.